The van der Waals surface area contributed by atoms with Crippen molar-refractivity contribution in [1.82, 2.24) is 4.98 Å². The zero-order chi connectivity index (χ0) is 14.9. The van der Waals surface area contributed by atoms with Crippen molar-refractivity contribution < 1.29 is 27.5 Å². The van der Waals surface area contributed by atoms with Gasteiger partial charge < -0.3 is 5.11 Å². The van der Waals surface area contributed by atoms with Crippen LogP contribution < -0.4 is 0 Å². The number of aromatic carboxylic acids is 1. The topological polar surface area (TPSA) is 50.2 Å². The molecule has 0 amide bonds. The third-order valence-electron chi connectivity index (χ3n) is 2.56. The van der Waals surface area contributed by atoms with Crippen LogP contribution in [-0.2, 0) is 6.18 Å². The first-order valence-corrected chi connectivity index (χ1v) is 5.36. The van der Waals surface area contributed by atoms with E-state index < -0.39 is 29.2 Å². The molecular formula is C13H7F4NO2. The quantitative estimate of drug-likeness (QED) is 0.677. The Labute approximate surface area is 110 Å². The molecule has 0 fully saturated rings. The van der Waals surface area contributed by atoms with Gasteiger partial charge in [0.25, 0.3) is 0 Å². The van der Waals surface area contributed by atoms with E-state index in [1.807, 2.05) is 0 Å². The average molecular weight is 285 g/mol. The van der Waals surface area contributed by atoms with Crippen LogP contribution in [0.5, 0.6) is 0 Å². The lowest BCUT2D eigenvalue weighted by Gasteiger charge is -2.08. The highest BCUT2D eigenvalue weighted by Gasteiger charge is 2.30. The van der Waals surface area contributed by atoms with E-state index in [0.717, 1.165) is 24.3 Å². The van der Waals surface area contributed by atoms with Crippen LogP contribution in [0, 0.1) is 5.95 Å². The summed E-state index contributed by atoms with van der Waals surface area (Å²) in [5.74, 6) is -2.74. The van der Waals surface area contributed by atoms with E-state index in [0.29, 0.717) is 0 Å². The maximum atomic E-state index is 13.4. The van der Waals surface area contributed by atoms with Gasteiger partial charge in [0, 0.05) is 5.56 Å². The summed E-state index contributed by atoms with van der Waals surface area (Å²) in [5, 5.41) is 8.65. The van der Waals surface area contributed by atoms with Crippen LogP contribution in [0.15, 0.2) is 36.4 Å². The molecule has 1 N–H and O–H groups in total. The third-order valence-corrected chi connectivity index (χ3v) is 2.56. The Balaban J connectivity index is 2.47. The van der Waals surface area contributed by atoms with Gasteiger partial charge in [-0.05, 0) is 24.3 Å². The van der Waals surface area contributed by atoms with E-state index >= 15 is 0 Å². The van der Waals surface area contributed by atoms with Crippen molar-refractivity contribution in [3.8, 4) is 11.3 Å². The second kappa shape index (κ2) is 4.92. The van der Waals surface area contributed by atoms with Crippen molar-refractivity contribution in [2.75, 3.05) is 0 Å². The molecule has 104 valence electrons. The lowest BCUT2D eigenvalue weighted by atomic mass is 10.1. The van der Waals surface area contributed by atoms with Crippen LogP contribution in [0.3, 0.4) is 0 Å². The average Bonchev–Trinajstić information content (AvgIpc) is 2.37. The first kappa shape index (κ1) is 14.0. The van der Waals surface area contributed by atoms with Crippen molar-refractivity contribution in [2.45, 2.75) is 6.18 Å². The van der Waals surface area contributed by atoms with Gasteiger partial charge in [-0.3, -0.25) is 0 Å². The standard InChI is InChI=1S/C13H7F4NO2/c14-11-9(12(19)20)4-5-10(18-11)7-2-1-3-8(6-7)13(15,16)17/h1-6H,(H,19,20). The summed E-state index contributed by atoms with van der Waals surface area (Å²) in [7, 11) is 0. The van der Waals surface area contributed by atoms with Crippen molar-refractivity contribution >= 4 is 5.97 Å². The number of hydrogen-bond acceptors (Lipinski definition) is 2. The fourth-order valence-corrected chi connectivity index (χ4v) is 1.61. The molecule has 0 unspecified atom stereocenters. The maximum Gasteiger partial charge on any atom is 0.416 e. The lowest BCUT2D eigenvalue weighted by Crippen LogP contribution is -2.05. The summed E-state index contributed by atoms with van der Waals surface area (Å²) in [6.07, 6.45) is -4.52. The van der Waals surface area contributed by atoms with E-state index in [1.54, 1.807) is 0 Å². The summed E-state index contributed by atoms with van der Waals surface area (Å²) >= 11 is 0. The highest BCUT2D eigenvalue weighted by atomic mass is 19.4. The number of carbonyl (C=O) groups is 1. The molecule has 0 aliphatic heterocycles. The number of rotatable bonds is 2. The highest BCUT2D eigenvalue weighted by molar-refractivity contribution is 5.87. The Morgan fingerprint density at radius 1 is 1.15 bits per heavy atom. The number of benzene rings is 1. The van der Waals surface area contributed by atoms with Crippen molar-refractivity contribution in [1.29, 1.82) is 0 Å². The second-order valence-electron chi connectivity index (χ2n) is 3.92. The predicted octanol–water partition coefficient (Wildman–Crippen LogP) is 3.60. The van der Waals surface area contributed by atoms with Crippen LogP contribution in [0.25, 0.3) is 11.3 Å². The minimum absolute atomic E-state index is 0.0515. The molecule has 0 bridgehead atoms. The van der Waals surface area contributed by atoms with Crippen molar-refractivity contribution in [3.05, 3.63) is 53.5 Å². The van der Waals surface area contributed by atoms with Gasteiger partial charge in [-0.1, -0.05) is 12.1 Å². The van der Waals surface area contributed by atoms with Gasteiger partial charge in [0.1, 0.15) is 5.56 Å². The molecule has 2 rings (SSSR count). The summed E-state index contributed by atoms with van der Waals surface area (Å²) in [6, 6.07) is 6.32. The van der Waals surface area contributed by atoms with Gasteiger partial charge in [0.15, 0.2) is 0 Å². The van der Waals surface area contributed by atoms with Crippen LogP contribution in [-0.4, -0.2) is 16.1 Å². The Morgan fingerprint density at radius 3 is 2.40 bits per heavy atom. The van der Waals surface area contributed by atoms with Gasteiger partial charge in [-0.15, -0.1) is 0 Å². The molecule has 0 saturated heterocycles. The van der Waals surface area contributed by atoms with Gasteiger partial charge >= 0.3 is 12.1 Å². The minimum Gasteiger partial charge on any atom is -0.478 e. The van der Waals surface area contributed by atoms with Crippen LogP contribution >= 0.6 is 0 Å². The third kappa shape index (κ3) is 2.76. The largest absolute Gasteiger partial charge is 0.478 e. The summed E-state index contributed by atoms with van der Waals surface area (Å²) < 4.78 is 51.1. The molecule has 0 saturated carbocycles. The zero-order valence-electron chi connectivity index (χ0n) is 9.78. The fraction of sp³-hybridized carbons (Fsp3) is 0.0769. The SMILES string of the molecule is O=C(O)c1ccc(-c2cccc(C(F)(F)F)c2)nc1F. The Kier molecular flexibility index (Phi) is 3.44. The van der Waals surface area contributed by atoms with E-state index in [1.165, 1.54) is 12.1 Å². The Bertz CT molecular complexity index is 668. The summed E-state index contributed by atoms with van der Waals surface area (Å²) in [5.41, 5.74) is -1.55. The molecule has 0 radical (unpaired) electrons. The van der Waals surface area contributed by atoms with Crippen LogP contribution in [0.2, 0.25) is 0 Å². The number of pyridine rings is 1. The minimum atomic E-state index is -4.52. The molecule has 1 aromatic heterocycles. The number of alkyl halides is 3. The molecule has 7 heteroatoms. The molecule has 20 heavy (non-hydrogen) atoms. The number of nitrogens with zero attached hydrogens (tertiary/aromatic N) is 1. The van der Waals surface area contributed by atoms with Crippen molar-refractivity contribution in [3.63, 3.8) is 0 Å². The van der Waals surface area contributed by atoms with Gasteiger partial charge in [-0.25, -0.2) is 9.78 Å². The lowest BCUT2D eigenvalue weighted by molar-refractivity contribution is -0.137. The Hall–Kier alpha value is -2.44. The van der Waals surface area contributed by atoms with Crippen LogP contribution in [0.4, 0.5) is 17.6 Å². The normalized spacial score (nSPS) is 11.4. The molecule has 2 aromatic rings. The smallest absolute Gasteiger partial charge is 0.416 e. The van der Waals surface area contributed by atoms with Gasteiger partial charge in [-0.2, -0.15) is 17.6 Å². The number of aromatic nitrogens is 1. The first-order chi connectivity index (χ1) is 9.29. The van der Waals surface area contributed by atoms with E-state index in [2.05, 4.69) is 4.98 Å². The molecular weight excluding hydrogens is 278 g/mol. The van der Waals surface area contributed by atoms with Crippen LogP contribution in [0.1, 0.15) is 15.9 Å². The van der Waals surface area contributed by atoms with Crippen molar-refractivity contribution in [2.24, 2.45) is 0 Å². The zero-order valence-corrected chi connectivity index (χ0v) is 9.78. The predicted molar refractivity (Wildman–Crippen MR) is 61.6 cm³/mol. The number of carboxylic acid groups (broad SMARTS) is 1. The van der Waals surface area contributed by atoms with E-state index in [4.69, 9.17) is 5.11 Å². The Morgan fingerprint density at radius 2 is 1.85 bits per heavy atom. The highest BCUT2D eigenvalue weighted by Crippen LogP contribution is 2.31. The second-order valence-corrected chi connectivity index (χ2v) is 3.92. The van der Waals surface area contributed by atoms with E-state index in [-0.39, 0.29) is 11.3 Å². The first-order valence-electron chi connectivity index (χ1n) is 5.36. The van der Waals surface area contributed by atoms with E-state index in [9.17, 15) is 22.4 Å². The summed E-state index contributed by atoms with van der Waals surface area (Å²) in [6.45, 7) is 0. The molecule has 0 aliphatic rings. The molecule has 1 heterocycles. The summed E-state index contributed by atoms with van der Waals surface area (Å²) in [4.78, 5) is 14.0. The molecule has 0 aliphatic carbocycles. The molecule has 3 nitrogen and oxygen atoms in total. The maximum absolute atomic E-state index is 13.4. The molecule has 0 spiro atoms. The van der Waals surface area contributed by atoms with Gasteiger partial charge in [0.05, 0.1) is 11.3 Å². The fourth-order valence-electron chi connectivity index (χ4n) is 1.61. The van der Waals surface area contributed by atoms with Gasteiger partial charge in [0.2, 0.25) is 5.95 Å². The molecule has 1 aromatic carbocycles. The monoisotopic (exact) mass is 285 g/mol. The molecule has 0 atom stereocenters. The number of halogens is 4. The number of hydrogen-bond donors (Lipinski definition) is 1. The number of carboxylic acids is 1.